The van der Waals surface area contributed by atoms with Crippen molar-refractivity contribution in [3.63, 3.8) is 0 Å². The molecule has 1 aromatic carbocycles. The Morgan fingerprint density at radius 2 is 1.97 bits per heavy atom. The van der Waals surface area contributed by atoms with Gasteiger partial charge in [0.25, 0.3) is 11.8 Å². The maximum absolute atomic E-state index is 13.3. The van der Waals surface area contributed by atoms with Crippen LogP contribution >= 0.6 is 23.1 Å². The lowest BCUT2D eigenvalue weighted by Gasteiger charge is -2.36. The lowest BCUT2D eigenvalue weighted by molar-refractivity contribution is 0.0595. The molecular weight excluding hydrogens is 404 g/mol. The van der Waals surface area contributed by atoms with Gasteiger partial charge in [-0.15, -0.1) is 11.3 Å². The van der Waals surface area contributed by atoms with Gasteiger partial charge in [-0.05, 0) is 44.0 Å². The summed E-state index contributed by atoms with van der Waals surface area (Å²) in [7, 11) is 0. The van der Waals surface area contributed by atoms with E-state index in [9.17, 15) is 9.59 Å². The molecule has 0 aliphatic carbocycles. The molecule has 8 heteroatoms. The Bertz CT molecular complexity index is 879. The monoisotopic (exact) mass is 430 g/mol. The van der Waals surface area contributed by atoms with Crippen LogP contribution in [0.3, 0.4) is 0 Å². The molecule has 2 aliphatic heterocycles. The van der Waals surface area contributed by atoms with E-state index in [1.807, 2.05) is 36.2 Å². The number of carbonyl (C=O) groups is 2. The molecule has 29 heavy (non-hydrogen) atoms. The van der Waals surface area contributed by atoms with Gasteiger partial charge < -0.3 is 4.90 Å². The van der Waals surface area contributed by atoms with Gasteiger partial charge in [-0.2, -0.15) is 11.8 Å². The maximum atomic E-state index is 13.3. The summed E-state index contributed by atoms with van der Waals surface area (Å²) in [6, 6.07) is 5.28. The number of rotatable bonds is 7. The first kappa shape index (κ1) is 20.4. The minimum atomic E-state index is -0.358. The van der Waals surface area contributed by atoms with E-state index < -0.39 is 0 Å². The minimum absolute atomic E-state index is 0.203. The Balaban J connectivity index is 1.52. The van der Waals surface area contributed by atoms with Crippen molar-refractivity contribution in [1.29, 1.82) is 0 Å². The van der Waals surface area contributed by atoms with Crippen LogP contribution < -0.4 is 4.90 Å². The number of hydrogen-bond acceptors (Lipinski definition) is 7. The van der Waals surface area contributed by atoms with Crippen molar-refractivity contribution in [3.8, 4) is 0 Å². The highest BCUT2D eigenvalue weighted by Crippen LogP contribution is 2.37. The second-order valence-electron chi connectivity index (χ2n) is 7.40. The van der Waals surface area contributed by atoms with E-state index in [-0.39, 0.29) is 17.9 Å². The van der Waals surface area contributed by atoms with Crippen LogP contribution in [-0.4, -0.2) is 71.3 Å². The number of nitrogens with zero attached hydrogens (tertiary/aromatic N) is 4. The molecule has 0 N–H and O–H groups in total. The van der Waals surface area contributed by atoms with Crippen LogP contribution in [0, 0.1) is 0 Å². The smallest absolute Gasteiger partial charge is 0.264 e. The second-order valence-corrected chi connectivity index (χ2v) is 9.31. The van der Waals surface area contributed by atoms with Crippen LogP contribution in [0.2, 0.25) is 0 Å². The highest BCUT2D eigenvalue weighted by molar-refractivity contribution is 7.98. The van der Waals surface area contributed by atoms with Crippen molar-refractivity contribution in [2.75, 3.05) is 49.6 Å². The lowest BCUT2D eigenvalue weighted by atomic mass is 10.1. The van der Waals surface area contributed by atoms with Gasteiger partial charge in [0.15, 0.2) is 0 Å². The van der Waals surface area contributed by atoms with Crippen LogP contribution in [0.1, 0.15) is 45.1 Å². The molecule has 0 unspecified atom stereocenters. The zero-order valence-corrected chi connectivity index (χ0v) is 18.5. The number of benzene rings is 1. The Morgan fingerprint density at radius 3 is 2.66 bits per heavy atom. The molecule has 3 heterocycles. The molecule has 1 atom stereocenters. The first-order valence-electron chi connectivity index (χ1n) is 9.98. The number of thiazole rings is 1. The Hall–Kier alpha value is -1.90. The summed E-state index contributed by atoms with van der Waals surface area (Å²) in [5.74, 6) is 0.770. The number of piperazine rings is 1. The van der Waals surface area contributed by atoms with Crippen LogP contribution in [-0.2, 0) is 0 Å². The first-order chi connectivity index (χ1) is 14.1. The van der Waals surface area contributed by atoms with E-state index in [1.54, 1.807) is 12.3 Å². The van der Waals surface area contributed by atoms with E-state index in [0.717, 1.165) is 43.4 Å². The normalized spacial score (nSPS) is 18.4. The summed E-state index contributed by atoms with van der Waals surface area (Å²) in [6.45, 7) is 6.71. The maximum Gasteiger partial charge on any atom is 0.264 e. The zero-order chi connectivity index (χ0) is 20.4. The largest absolute Gasteiger partial charge is 0.368 e. The molecule has 1 aromatic heterocycles. The molecule has 2 aromatic rings. The summed E-state index contributed by atoms with van der Waals surface area (Å²) in [6.07, 6.45) is 5.06. The van der Waals surface area contributed by atoms with Gasteiger partial charge in [-0.25, -0.2) is 4.98 Å². The molecule has 2 amide bonds. The Kier molecular flexibility index (Phi) is 6.22. The highest BCUT2D eigenvalue weighted by Gasteiger charge is 2.42. The molecule has 0 bridgehead atoms. The molecule has 0 radical (unpaired) electrons. The lowest BCUT2D eigenvalue weighted by Crippen LogP contribution is -2.47. The Labute approximate surface area is 179 Å². The fourth-order valence-corrected chi connectivity index (χ4v) is 5.20. The number of aromatic nitrogens is 1. The number of anilines is 1. The van der Waals surface area contributed by atoms with E-state index in [4.69, 9.17) is 0 Å². The van der Waals surface area contributed by atoms with E-state index in [2.05, 4.69) is 21.0 Å². The molecule has 154 valence electrons. The van der Waals surface area contributed by atoms with Crippen LogP contribution in [0.4, 0.5) is 5.69 Å². The average molecular weight is 431 g/mol. The van der Waals surface area contributed by atoms with Gasteiger partial charge in [0.2, 0.25) is 0 Å². The van der Waals surface area contributed by atoms with Crippen molar-refractivity contribution in [1.82, 2.24) is 14.8 Å². The quantitative estimate of drug-likeness (QED) is 0.496. The standard InChI is InChI=1S/C21H26N4O2S2/c1-15(19-22-7-14-29-19)25-20(26)16-5-3-6-17(18(16)21(25)27)24-11-9-23(10-12-24)8-4-13-28-2/h3,5-7,14-15H,4,8-13H2,1-2H3/t15-/m0/s1. The average Bonchev–Trinajstić information content (AvgIpc) is 3.36. The third-order valence-electron chi connectivity index (χ3n) is 5.66. The van der Waals surface area contributed by atoms with Gasteiger partial charge >= 0.3 is 0 Å². The van der Waals surface area contributed by atoms with E-state index in [0.29, 0.717) is 11.1 Å². The van der Waals surface area contributed by atoms with Gasteiger partial charge in [0.05, 0.1) is 22.9 Å². The summed E-state index contributed by atoms with van der Waals surface area (Å²) >= 11 is 3.35. The fourth-order valence-electron chi connectivity index (χ4n) is 4.10. The molecule has 1 saturated heterocycles. The number of amides is 2. The minimum Gasteiger partial charge on any atom is -0.368 e. The van der Waals surface area contributed by atoms with Crippen molar-refractivity contribution in [2.45, 2.75) is 19.4 Å². The molecule has 0 spiro atoms. The third kappa shape index (κ3) is 3.93. The molecule has 2 aliphatic rings. The second kappa shape index (κ2) is 8.85. The summed E-state index contributed by atoms with van der Waals surface area (Å²) < 4.78 is 0. The zero-order valence-electron chi connectivity index (χ0n) is 16.8. The number of fused-ring (bicyclic) bond motifs is 1. The number of thioether (sulfide) groups is 1. The van der Waals surface area contributed by atoms with Crippen molar-refractivity contribution >= 4 is 40.6 Å². The third-order valence-corrected chi connectivity index (χ3v) is 7.30. The molecule has 4 rings (SSSR count). The fraction of sp³-hybridized carbons (Fsp3) is 0.476. The van der Waals surface area contributed by atoms with Crippen LogP contribution in [0.5, 0.6) is 0 Å². The van der Waals surface area contributed by atoms with E-state index in [1.165, 1.54) is 28.4 Å². The van der Waals surface area contributed by atoms with Crippen molar-refractivity contribution < 1.29 is 9.59 Å². The summed E-state index contributed by atoms with van der Waals surface area (Å²) in [5.41, 5.74) is 1.95. The van der Waals surface area contributed by atoms with Gasteiger partial charge in [0.1, 0.15) is 5.01 Å². The van der Waals surface area contributed by atoms with Gasteiger partial charge in [0, 0.05) is 37.8 Å². The van der Waals surface area contributed by atoms with E-state index >= 15 is 0 Å². The predicted molar refractivity (Wildman–Crippen MR) is 119 cm³/mol. The molecule has 6 nitrogen and oxygen atoms in total. The van der Waals surface area contributed by atoms with Crippen molar-refractivity contribution in [3.05, 3.63) is 45.9 Å². The molecule has 1 fully saturated rings. The summed E-state index contributed by atoms with van der Waals surface area (Å²) in [5, 5.41) is 2.65. The van der Waals surface area contributed by atoms with Gasteiger partial charge in [-0.1, -0.05) is 6.07 Å². The highest BCUT2D eigenvalue weighted by atomic mass is 32.2. The molecular formula is C21H26N4O2S2. The van der Waals surface area contributed by atoms with Crippen LogP contribution in [0.25, 0.3) is 0 Å². The topological polar surface area (TPSA) is 56.8 Å². The van der Waals surface area contributed by atoms with Crippen molar-refractivity contribution in [2.24, 2.45) is 0 Å². The first-order valence-corrected chi connectivity index (χ1v) is 12.3. The number of imide groups is 1. The van der Waals surface area contributed by atoms with Gasteiger partial charge in [-0.3, -0.25) is 19.4 Å². The molecule has 0 saturated carbocycles. The Morgan fingerprint density at radius 1 is 1.17 bits per heavy atom. The van der Waals surface area contributed by atoms with Crippen LogP contribution in [0.15, 0.2) is 29.8 Å². The predicted octanol–water partition coefficient (Wildman–Crippen LogP) is 3.38. The number of carbonyl (C=O) groups excluding carboxylic acids is 2. The summed E-state index contributed by atoms with van der Waals surface area (Å²) in [4.78, 5) is 36.7. The SMILES string of the molecule is CSCCCN1CCN(c2cccc3c2C(=O)N([C@@H](C)c2nccs2)C3=O)CC1. The number of hydrogen-bond donors (Lipinski definition) is 0.